The zero-order chi connectivity index (χ0) is 16.1. The van der Waals surface area contributed by atoms with Crippen molar-refractivity contribution in [3.8, 4) is 5.75 Å². The highest BCUT2D eigenvalue weighted by molar-refractivity contribution is 5.59. The van der Waals surface area contributed by atoms with Crippen LogP contribution in [-0.4, -0.2) is 0 Å². The molecule has 0 aromatic heterocycles. The van der Waals surface area contributed by atoms with E-state index >= 15 is 0 Å². The maximum absolute atomic E-state index is 6.55. The lowest BCUT2D eigenvalue weighted by Gasteiger charge is -2.41. The van der Waals surface area contributed by atoms with Crippen LogP contribution in [0.2, 0.25) is 0 Å². The first kappa shape index (κ1) is 15.4. The lowest BCUT2D eigenvalue weighted by atomic mass is 9.70. The van der Waals surface area contributed by atoms with Crippen molar-refractivity contribution in [2.24, 2.45) is 5.92 Å². The van der Waals surface area contributed by atoms with E-state index < -0.39 is 0 Å². The van der Waals surface area contributed by atoms with Crippen molar-refractivity contribution < 1.29 is 4.74 Å². The van der Waals surface area contributed by atoms with Crippen LogP contribution in [0.25, 0.3) is 0 Å². The third-order valence-electron chi connectivity index (χ3n) is 5.21. The second-order valence-corrected chi connectivity index (χ2v) is 7.77. The van der Waals surface area contributed by atoms with Crippen LogP contribution < -0.4 is 4.74 Å². The molecule has 2 aliphatic rings. The molecule has 1 heteroatoms. The Morgan fingerprint density at radius 3 is 2.41 bits per heavy atom. The van der Waals surface area contributed by atoms with E-state index in [9.17, 15) is 0 Å². The number of hydrogen-bond acceptors (Lipinski definition) is 1. The van der Waals surface area contributed by atoms with Crippen LogP contribution in [0.5, 0.6) is 5.75 Å². The highest BCUT2D eigenvalue weighted by Gasteiger charge is 2.40. The molecular weight excluding hydrogens is 268 g/mol. The molecule has 0 fully saturated rings. The molecule has 0 amide bonds. The van der Waals surface area contributed by atoms with Gasteiger partial charge in [0.2, 0.25) is 0 Å². The Morgan fingerprint density at radius 2 is 1.77 bits per heavy atom. The number of benzene rings is 1. The van der Waals surface area contributed by atoms with Crippen LogP contribution >= 0.6 is 0 Å². The van der Waals surface area contributed by atoms with E-state index in [2.05, 4.69) is 65.8 Å². The number of allylic oxidation sites excluding steroid dienone is 3. The average molecular weight is 296 g/mol. The second kappa shape index (κ2) is 5.30. The third kappa shape index (κ3) is 2.22. The summed E-state index contributed by atoms with van der Waals surface area (Å²) in [5.74, 6) is 3.28. The van der Waals surface area contributed by atoms with Gasteiger partial charge in [0, 0.05) is 16.6 Å². The summed E-state index contributed by atoms with van der Waals surface area (Å²) >= 11 is 0. The van der Waals surface area contributed by atoms with Gasteiger partial charge in [-0.25, -0.2) is 0 Å². The molecule has 22 heavy (non-hydrogen) atoms. The molecule has 0 radical (unpaired) electrons. The van der Waals surface area contributed by atoms with E-state index in [4.69, 9.17) is 4.74 Å². The first-order chi connectivity index (χ1) is 10.3. The van der Waals surface area contributed by atoms with Crippen molar-refractivity contribution in [3.05, 3.63) is 52.3 Å². The van der Waals surface area contributed by atoms with Crippen molar-refractivity contribution in [2.75, 3.05) is 0 Å². The molecule has 1 heterocycles. The van der Waals surface area contributed by atoms with Gasteiger partial charge in [0.25, 0.3) is 0 Å². The number of hydrogen-bond donors (Lipinski definition) is 0. The summed E-state index contributed by atoms with van der Waals surface area (Å²) in [5.41, 5.74) is 5.55. The zero-order valence-electron chi connectivity index (χ0n) is 14.8. The van der Waals surface area contributed by atoms with Crippen LogP contribution in [-0.2, 0) is 5.41 Å². The maximum Gasteiger partial charge on any atom is 0.134 e. The van der Waals surface area contributed by atoms with E-state index in [1.54, 1.807) is 0 Å². The summed E-state index contributed by atoms with van der Waals surface area (Å²) in [4.78, 5) is 0. The van der Waals surface area contributed by atoms with Crippen molar-refractivity contribution in [1.29, 1.82) is 0 Å². The fourth-order valence-electron chi connectivity index (χ4n) is 3.82. The predicted molar refractivity (Wildman–Crippen MR) is 93.4 cm³/mol. The number of rotatable bonds is 2. The minimum Gasteiger partial charge on any atom is -0.456 e. The van der Waals surface area contributed by atoms with E-state index in [1.807, 2.05) is 0 Å². The smallest absolute Gasteiger partial charge is 0.134 e. The van der Waals surface area contributed by atoms with Gasteiger partial charge in [-0.2, -0.15) is 0 Å². The number of para-hydroxylation sites is 1. The molecule has 118 valence electrons. The van der Waals surface area contributed by atoms with Gasteiger partial charge in [0.05, 0.1) is 0 Å². The summed E-state index contributed by atoms with van der Waals surface area (Å²) in [5, 5.41) is 0. The first-order valence-corrected chi connectivity index (χ1v) is 8.59. The van der Waals surface area contributed by atoms with Gasteiger partial charge in [-0.05, 0) is 35.8 Å². The van der Waals surface area contributed by atoms with E-state index in [-0.39, 0.29) is 5.41 Å². The fourth-order valence-corrected chi connectivity index (χ4v) is 3.82. The molecule has 0 N–H and O–H groups in total. The lowest BCUT2D eigenvalue weighted by molar-refractivity contribution is 0.348. The highest BCUT2D eigenvalue weighted by atomic mass is 16.5. The van der Waals surface area contributed by atoms with Gasteiger partial charge >= 0.3 is 0 Å². The Kier molecular flexibility index (Phi) is 3.71. The van der Waals surface area contributed by atoms with Gasteiger partial charge in [0.1, 0.15) is 11.5 Å². The van der Waals surface area contributed by atoms with Gasteiger partial charge in [-0.1, -0.05) is 65.8 Å². The summed E-state index contributed by atoms with van der Waals surface area (Å²) in [7, 11) is 0. The normalized spacial score (nSPS) is 19.7. The molecule has 1 aromatic rings. The molecule has 0 bridgehead atoms. The molecule has 0 saturated heterocycles. The van der Waals surface area contributed by atoms with Gasteiger partial charge in [-0.3, -0.25) is 0 Å². The Bertz CT molecular complexity index is 656. The van der Waals surface area contributed by atoms with Crippen molar-refractivity contribution in [3.63, 3.8) is 0 Å². The molecule has 3 rings (SSSR count). The van der Waals surface area contributed by atoms with E-state index in [0.717, 1.165) is 24.4 Å². The van der Waals surface area contributed by atoms with E-state index in [1.165, 1.54) is 22.3 Å². The Labute approximate surface area is 135 Å². The summed E-state index contributed by atoms with van der Waals surface area (Å²) < 4.78 is 6.55. The summed E-state index contributed by atoms with van der Waals surface area (Å²) in [6, 6.07) is 6.63. The summed E-state index contributed by atoms with van der Waals surface area (Å²) in [6.07, 6.45) is 4.66. The summed E-state index contributed by atoms with van der Waals surface area (Å²) in [6.45, 7) is 13.7. The third-order valence-corrected chi connectivity index (χ3v) is 5.21. The Balaban J connectivity index is 2.26. The van der Waals surface area contributed by atoms with E-state index in [0.29, 0.717) is 11.8 Å². The monoisotopic (exact) mass is 296 g/mol. The van der Waals surface area contributed by atoms with Crippen molar-refractivity contribution in [1.82, 2.24) is 0 Å². The second-order valence-electron chi connectivity index (χ2n) is 7.77. The minimum absolute atomic E-state index is 0.0222. The van der Waals surface area contributed by atoms with Crippen LogP contribution in [0.3, 0.4) is 0 Å². The van der Waals surface area contributed by atoms with Crippen LogP contribution in [0.4, 0.5) is 0 Å². The quantitative estimate of drug-likeness (QED) is 0.639. The molecular formula is C21H28O. The van der Waals surface area contributed by atoms with Crippen LogP contribution in [0.1, 0.15) is 71.4 Å². The molecule has 1 aliphatic heterocycles. The maximum atomic E-state index is 6.55. The van der Waals surface area contributed by atoms with Gasteiger partial charge < -0.3 is 4.74 Å². The largest absolute Gasteiger partial charge is 0.456 e. The minimum atomic E-state index is 0.0222. The van der Waals surface area contributed by atoms with Gasteiger partial charge in [0.15, 0.2) is 0 Å². The first-order valence-electron chi connectivity index (χ1n) is 8.59. The molecule has 0 unspecified atom stereocenters. The Morgan fingerprint density at radius 1 is 1.05 bits per heavy atom. The standard InChI is InChI=1S/C21H28O/c1-13(2)15-9-7-11-17-19(15)22-20-16(14(3)4)10-8-12-18(20)21(17,5)6/h7,9,11-14H,8,10H2,1-6H3. The number of ether oxygens (including phenoxy) is 1. The molecule has 1 aliphatic carbocycles. The SMILES string of the molecule is CC(C)C1=C2Oc3c(C(C)C)cccc3C(C)(C)C2=CCC1. The van der Waals surface area contributed by atoms with Crippen LogP contribution in [0, 0.1) is 5.92 Å². The Hall–Kier alpha value is -1.50. The molecule has 1 nitrogen and oxygen atoms in total. The average Bonchev–Trinajstić information content (AvgIpc) is 2.46. The highest BCUT2D eigenvalue weighted by Crippen LogP contribution is 2.51. The molecule has 0 saturated carbocycles. The fraction of sp³-hybridized carbons (Fsp3) is 0.524. The van der Waals surface area contributed by atoms with Crippen LogP contribution in [0.15, 0.2) is 41.2 Å². The molecule has 0 atom stereocenters. The molecule has 1 aromatic carbocycles. The molecule has 0 spiro atoms. The predicted octanol–water partition coefficient (Wildman–Crippen LogP) is 6.11. The van der Waals surface area contributed by atoms with Gasteiger partial charge in [-0.15, -0.1) is 0 Å². The number of fused-ring (bicyclic) bond motifs is 2. The van der Waals surface area contributed by atoms with Crippen molar-refractivity contribution >= 4 is 0 Å². The lowest BCUT2D eigenvalue weighted by Crippen LogP contribution is -2.32. The topological polar surface area (TPSA) is 9.23 Å². The van der Waals surface area contributed by atoms with Crippen molar-refractivity contribution in [2.45, 2.75) is 65.7 Å². The zero-order valence-corrected chi connectivity index (χ0v) is 14.8.